The van der Waals surface area contributed by atoms with E-state index in [4.69, 9.17) is 22.4 Å². The largest absolute Gasteiger partial charge is 0.504 e. The number of benzene rings is 1. The molecule has 4 N–H and O–H groups in total. The van der Waals surface area contributed by atoms with Gasteiger partial charge in [0.15, 0.2) is 5.75 Å². The Hall–Kier alpha value is -0.930. The van der Waals surface area contributed by atoms with Gasteiger partial charge in [0.25, 0.3) is 0 Å². The minimum absolute atomic E-state index is 0.00523. The molecule has 0 atom stereocenters. The number of phenols is 1. The Balaban J connectivity index is 3.08. The van der Waals surface area contributed by atoms with Gasteiger partial charge in [-0.1, -0.05) is 17.7 Å². The maximum absolute atomic E-state index is 9.28. The van der Waals surface area contributed by atoms with Gasteiger partial charge >= 0.3 is 0 Å². The lowest BCUT2D eigenvalue weighted by Gasteiger charge is -2.06. The molecule has 0 bridgehead atoms. The standard InChI is InChI=1S/C8H10ClNO2/c9-6-2-1-5(3-4-11)7(10)8(6)12/h1-2,11-12H,3-4,10H2. The summed E-state index contributed by atoms with van der Waals surface area (Å²) in [6.45, 7) is 0.00523. The van der Waals surface area contributed by atoms with Gasteiger partial charge in [0.1, 0.15) is 0 Å². The number of halogens is 1. The van der Waals surface area contributed by atoms with Crippen molar-refractivity contribution in [3.8, 4) is 5.75 Å². The summed E-state index contributed by atoms with van der Waals surface area (Å²) in [4.78, 5) is 0. The number of hydrogen-bond donors (Lipinski definition) is 3. The fraction of sp³-hybridized carbons (Fsp3) is 0.250. The Morgan fingerprint density at radius 3 is 2.67 bits per heavy atom. The first-order valence-corrected chi connectivity index (χ1v) is 3.91. The number of phenolic OH excluding ortho intramolecular Hbond substituents is 1. The second-order valence-electron chi connectivity index (χ2n) is 2.44. The highest BCUT2D eigenvalue weighted by molar-refractivity contribution is 6.32. The third-order valence-electron chi connectivity index (χ3n) is 1.64. The average Bonchev–Trinajstić information content (AvgIpc) is 2.07. The highest BCUT2D eigenvalue weighted by Crippen LogP contribution is 2.32. The molecule has 0 aliphatic rings. The van der Waals surface area contributed by atoms with Crippen LogP contribution in [0, 0.1) is 0 Å². The molecule has 1 rings (SSSR count). The van der Waals surface area contributed by atoms with E-state index in [1.165, 1.54) is 0 Å². The lowest BCUT2D eigenvalue weighted by atomic mass is 10.1. The smallest absolute Gasteiger partial charge is 0.157 e. The number of rotatable bonds is 2. The van der Waals surface area contributed by atoms with E-state index in [9.17, 15) is 5.11 Å². The first-order valence-electron chi connectivity index (χ1n) is 3.53. The summed E-state index contributed by atoms with van der Waals surface area (Å²) < 4.78 is 0. The van der Waals surface area contributed by atoms with Crippen molar-refractivity contribution in [2.24, 2.45) is 0 Å². The minimum Gasteiger partial charge on any atom is -0.504 e. The number of aromatic hydroxyl groups is 1. The molecule has 0 aromatic heterocycles. The zero-order valence-electron chi connectivity index (χ0n) is 6.42. The molecule has 0 unspecified atom stereocenters. The molecule has 0 fully saturated rings. The van der Waals surface area contributed by atoms with Crippen LogP contribution < -0.4 is 5.73 Å². The Morgan fingerprint density at radius 1 is 1.42 bits per heavy atom. The third kappa shape index (κ3) is 1.62. The first-order chi connectivity index (χ1) is 5.66. The lowest BCUT2D eigenvalue weighted by molar-refractivity contribution is 0.299. The third-order valence-corrected chi connectivity index (χ3v) is 1.94. The Kier molecular flexibility index (Phi) is 2.78. The SMILES string of the molecule is Nc1c(CCO)ccc(Cl)c1O. The highest BCUT2D eigenvalue weighted by atomic mass is 35.5. The monoisotopic (exact) mass is 187 g/mol. The van der Waals surface area contributed by atoms with Gasteiger partial charge in [-0.3, -0.25) is 0 Å². The summed E-state index contributed by atoms with van der Waals surface area (Å²) in [5.41, 5.74) is 6.48. The number of aliphatic hydroxyl groups excluding tert-OH is 1. The molecular formula is C8H10ClNO2. The van der Waals surface area contributed by atoms with E-state index >= 15 is 0 Å². The number of anilines is 1. The molecular weight excluding hydrogens is 178 g/mol. The van der Waals surface area contributed by atoms with Gasteiger partial charge in [-0.2, -0.15) is 0 Å². The van der Waals surface area contributed by atoms with E-state index in [1.54, 1.807) is 12.1 Å². The van der Waals surface area contributed by atoms with Crippen LogP contribution in [-0.2, 0) is 6.42 Å². The normalized spacial score (nSPS) is 10.2. The molecule has 0 saturated heterocycles. The van der Waals surface area contributed by atoms with E-state index in [2.05, 4.69) is 0 Å². The van der Waals surface area contributed by atoms with Crippen molar-refractivity contribution in [1.29, 1.82) is 0 Å². The minimum atomic E-state index is -0.109. The predicted octanol–water partition coefficient (Wildman–Crippen LogP) is 1.16. The van der Waals surface area contributed by atoms with Gasteiger partial charge in [0.05, 0.1) is 10.7 Å². The van der Waals surface area contributed by atoms with Crippen LogP contribution in [-0.4, -0.2) is 16.8 Å². The van der Waals surface area contributed by atoms with Crippen LogP contribution >= 0.6 is 11.6 Å². The fourth-order valence-corrected chi connectivity index (χ4v) is 1.13. The van der Waals surface area contributed by atoms with Crippen LogP contribution in [0.4, 0.5) is 5.69 Å². The van der Waals surface area contributed by atoms with Gasteiger partial charge < -0.3 is 15.9 Å². The molecule has 0 radical (unpaired) electrons. The predicted molar refractivity (Wildman–Crippen MR) is 48.3 cm³/mol. The van der Waals surface area contributed by atoms with Gasteiger partial charge in [0.2, 0.25) is 0 Å². The lowest BCUT2D eigenvalue weighted by Crippen LogP contribution is -1.97. The number of hydrogen-bond acceptors (Lipinski definition) is 3. The van der Waals surface area contributed by atoms with E-state index in [-0.39, 0.29) is 23.1 Å². The Morgan fingerprint density at radius 2 is 2.08 bits per heavy atom. The summed E-state index contributed by atoms with van der Waals surface area (Å²) in [6.07, 6.45) is 0.427. The average molecular weight is 188 g/mol. The topological polar surface area (TPSA) is 66.5 Å². The second-order valence-corrected chi connectivity index (χ2v) is 2.85. The van der Waals surface area contributed by atoms with Crippen molar-refractivity contribution >= 4 is 17.3 Å². The van der Waals surface area contributed by atoms with Crippen LogP contribution in [0.3, 0.4) is 0 Å². The molecule has 12 heavy (non-hydrogen) atoms. The molecule has 66 valence electrons. The van der Waals surface area contributed by atoms with E-state index < -0.39 is 0 Å². The fourth-order valence-electron chi connectivity index (χ4n) is 0.962. The molecule has 0 aliphatic carbocycles. The molecule has 0 saturated carbocycles. The summed E-state index contributed by atoms with van der Waals surface area (Å²) in [5, 5.41) is 18.1. The second kappa shape index (κ2) is 3.65. The van der Waals surface area contributed by atoms with Gasteiger partial charge in [-0.25, -0.2) is 0 Å². The Bertz CT molecular complexity index is 289. The maximum Gasteiger partial charge on any atom is 0.157 e. The molecule has 0 amide bonds. The van der Waals surface area contributed by atoms with Crippen molar-refractivity contribution < 1.29 is 10.2 Å². The number of aliphatic hydroxyl groups is 1. The summed E-state index contributed by atoms with van der Waals surface area (Å²) in [6, 6.07) is 3.24. The molecule has 0 spiro atoms. The number of nitrogens with two attached hydrogens (primary N) is 1. The Labute approximate surface area is 75.4 Å². The quantitative estimate of drug-likeness (QED) is 0.481. The van der Waals surface area contributed by atoms with Crippen molar-refractivity contribution in [1.82, 2.24) is 0 Å². The van der Waals surface area contributed by atoms with Crippen LogP contribution in [0.15, 0.2) is 12.1 Å². The van der Waals surface area contributed by atoms with Crippen LogP contribution in [0.2, 0.25) is 5.02 Å². The highest BCUT2D eigenvalue weighted by Gasteiger charge is 2.06. The summed E-state index contributed by atoms with van der Waals surface area (Å²) >= 11 is 5.59. The molecule has 4 heteroatoms. The zero-order valence-corrected chi connectivity index (χ0v) is 7.17. The van der Waals surface area contributed by atoms with E-state index in [0.29, 0.717) is 12.0 Å². The van der Waals surface area contributed by atoms with Gasteiger partial charge in [-0.05, 0) is 18.1 Å². The molecule has 0 heterocycles. The van der Waals surface area contributed by atoms with Gasteiger partial charge in [-0.15, -0.1) is 0 Å². The summed E-state index contributed by atoms with van der Waals surface area (Å²) in [7, 11) is 0. The van der Waals surface area contributed by atoms with Crippen molar-refractivity contribution in [2.45, 2.75) is 6.42 Å². The molecule has 1 aromatic carbocycles. The summed E-state index contributed by atoms with van der Waals surface area (Å²) in [5.74, 6) is -0.109. The van der Waals surface area contributed by atoms with Crippen molar-refractivity contribution in [3.63, 3.8) is 0 Å². The van der Waals surface area contributed by atoms with E-state index in [1.807, 2.05) is 0 Å². The van der Waals surface area contributed by atoms with Crippen molar-refractivity contribution in [3.05, 3.63) is 22.7 Å². The van der Waals surface area contributed by atoms with Gasteiger partial charge in [0, 0.05) is 6.61 Å². The van der Waals surface area contributed by atoms with Crippen LogP contribution in [0.5, 0.6) is 5.75 Å². The van der Waals surface area contributed by atoms with Crippen LogP contribution in [0.25, 0.3) is 0 Å². The first kappa shape index (κ1) is 9.16. The maximum atomic E-state index is 9.28. The van der Waals surface area contributed by atoms with Crippen molar-refractivity contribution in [2.75, 3.05) is 12.3 Å². The van der Waals surface area contributed by atoms with Crippen LogP contribution in [0.1, 0.15) is 5.56 Å². The van der Waals surface area contributed by atoms with E-state index in [0.717, 1.165) is 0 Å². The zero-order chi connectivity index (χ0) is 9.14. The molecule has 3 nitrogen and oxygen atoms in total. The molecule has 1 aromatic rings. The molecule has 0 aliphatic heterocycles. The number of nitrogen functional groups attached to an aromatic ring is 1.